The summed E-state index contributed by atoms with van der Waals surface area (Å²) in [6, 6.07) is 11.8. The molecule has 8 heteroatoms. The van der Waals surface area contributed by atoms with E-state index >= 15 is 0 Å². The van der Waals surface area contributed by atoms with E-state index in [4.69, 9.17) is 10.3 Å². The van der Waals surface area contributed by atoms with Crippen LogP contribution in [-0.4, -0.2) is 26.5 Å². The first-order valence-corrected chi connectivity index (χ1v) is 10.2. The third kappa shape index (κ3) is 4.95. The quantitative estimate of drug-likeness (QED) is 0.445. The summed E-state index contributed by atoms with van der Waals surface area (Å²) in [5.41, 5.74) is 2.38. The Balaban J connectivity index is 1.53. The van der Waals surface area contributed by atoms with E-state index in [1.807, 2.05) is 6.92 Å². The van der Waals surface area contributed by atoms with E-state index in [1.54, 1.807) is 18.4 Å². The minimum absolute atomic E-state index is 0.0735. The van der Waals surface area contributed by atoms with Crippen LogP contribution in [0.4, 0.5) is 0 Å². The molecule has 2 heterocycles. The number of nitrogens with zero attached hydrogens (tertiary/aromatic N) is 3. The number of nitrogen functional groups attached to an aromatic ring is 1. The van der Waals surface area contributed by atoms with Crippen LogP contribution in [0.5, 0.6) is 0 Å². The minimum atomic E-state index is -0.0914. The molecule has 1 aromatic carbocycles. The lowest BCUT2D eigenvalue weighted by Crippen LogP contribution is -2.28. The largest absolute Gasteiger partial charge is 0.461 e. The number of hydrogen-bond donors (Lipinski definition) is 2. The number of nitrogens with two attached hydrogens (primary N) is 1. The van der Waals surface area contributed by atoms with Crippen LogP contribution >= 0.6 is 11.8 Å². The standard InChI is InChI=1S/C20H25N5O2S/c1-13(2)11-15-6-8-16(9-7-15)14(3)22-18(26)12-28-20-24-23-19(25(20)21)17-5-4-10-27-17/h4-10,13-14H,11-12,21H2,1-3H3,(H,22,26). The van der Waals surface area contributed by atoms with E-state index in [0.717, 1.165) is 12.0 Å². The molecular formula is C20H25N5O2S. The van der Waals surface area contributed by atoms with Gasteiger partial charge in [0, 0.05) is 0 Å². The number of carbonyl (C=O) groups excluding carboxylic acids is 1. The molecule has 148 valence electrons. The summed E-state index contributed by atoms with van der Waals surface area (Å²) in [7, 11) is 0. The fourth-order valence-corrected chi connectivity index (χ4v) is 3.53. The Kier molecular flexibility index (Phi) is 6.41. The maximum atomic E-state index is 12.3. The maximum absolute atomic E-state index is 12.3. The molecule has 0 saturated carbocycles. The highest BCUT2D eigenvalue weighted by Crippen LogP contribution is 2.22. The Hall–Kier alpha value is -2.74. The van der Waals surface area contributed by atoms with Gasteiger partial charge in [-0.1, -0.05) is 49.9 Å². The molecule has 0 aliphatic heterocycles. The molecule has 1 unspecified atom stereocenters. The lowest BCUT2D eigenvalue weighted by Gasteiger charge is -2.15. The first-order valence-electron chi connectivity index (χ1n) is 9.19. The van der Waals surface area contributed by atoms with Crippen molar-refractivity contribution in [1.82, 2.24) is 20.2 Å². The number of aromatic nitrogens is 3. The predicted molar refractivity (Wildman–Crippen MR) is 110 cm³/mol. The molecule has 0 radical (unpaired) electrons. The van der Waals surface area contributed by atoms with Crippen LogP contribution in [-0.2, 0) is 11.2 Å². The predicted octanol–water partition coefficient (Wildman–Crippen LogP) is 3.42. The third-order valence-electron chi connectivity index (χ3n) is 4.24. The van der Waals surface area contributed by atoms with Crippen molar-refractivity contribution >= 4 is 17.7 Å². The van der Waals surface area contributed by atoms with E-state index in [-0.39, 0.29) is 17.7 Å². The molecule has 3 rings (SSSR count). The lowest BCUT2D eigenvalue weighted by atomic mass is 10.00. The number of hydrogen-bond acceptors (Lipinski definition) is 6. The van der Waals surface area contributed by atoms with Gasteiger partial charge in [0.05, 0.1) is 18.1 Å². The highest BCUT2D eigenvalue weighted by Gasteiger charge is 2.16. The van der Waals surface area contributed by atoms with Crippen molar-refractivity contribution in [2.45, 2.75) is 38.4 Å². The summed E-state index contributed by atoms with van der Waals surface area (Å²) in [5.74, 6) is 7.68. The molecule has 2 aromatic heterocycles. The Bertz CT molecular complexity index is 903. The van der Waals surface area contributed by atoms with Gasteiger partial charge in [0.2, 0.25) is 16.9 Å². The zero-order chi connectivity index (χ0) is 20.1. The number of furan rings is 1. The van der Waals surface area contributed by atoms with Crippen molar-refractivity contribution in [2.24, 2.45) is 5.92 Å². The van der Waals surface area contributed by atoms with Gasteiger partial charge in [-0.25, -0.2) is 4.68 Å². The van der Waals surface area contributed by atoms with Gasteiger partial charge < -0.3 is 15.6 Å². The van der Waals surface area contributed by atoms with Crippen LogP contribution in [0.2, 0.25) is 0 Å². The van der Waals surface area contributed by atoms with E-state index in [1.165, 1.54) is 22.0 Å². The average molecular weight is 400 g/mol. The molecule has 0 bridgehead atoms. The number of rotatable bonds is 8. The summed E-state index contributed by atoms with van der Waals surface area (Å²) < 4.78 is 6.61. The van der Waals surface area contributed by atoms with E-state index in [9.17, 15) is 4.79 Å². The van der Waals surface area contributed by atoms with Gasteiger partial charge in [-0.2, -0.15) is 0 Å². The monoisotopic (exact) mass is 399 g/mol. The van der Waals surface area contributed by atoms with Gasteiger partial charge in [-0.15, -0.1) is 10.2 Å². The molecule has 0 saturated heterocycles. The smallest absolute Gasteiger partial charge is 0.230 e. The number of benzene rings is 1. The maximum Gasteiger partial charge on any atom is 0.230 e. The number of nitrogens with one attached hydrogen (secondary N) is 1. The molecule has 0 aliphatic carbocycles. The molecule has 0 aliphatic rings. The Morgan fingerprint density at radius 1 is 1.21 bits per heavy atom. The fraction of sp³-hybridized carbons (Fsp3) is 0.350. The molecule has 0 fully saturated rings. The molecule has 7 nitrogen and oxygen atoms in total. The highest BCUT2D eigenvalue weighted by atomic mass is 32.2. The van der Waals surface area contributed by atoms with Crippen LogP contribution in [0.25, 0.3) is 11.6 Å². The van der Waals surface area contributed by atoms with Crippen molar-refractivity contribution in [2.75, 3.05) is 11.6 Å². The van der Waals surface area contributed by atoms with Crippen LogP contribution < -0.4 is 11.2 Å². The van der Waals surface area contributed by atoms with Gasteiger partial charge >= 0.3 is 0 Å². The van der Waals surface area contributed by atoms with Crippen LogP contribution in [0.15, 0.2) is 52.2 Å². The van der Waals surface area contributed by atoms with Crippen molar-refractivity contribution in [1.29, 1.82) is 0 Å². The summed E-state index contributed by atoms with van der Waals surface area (Å²) in [6.07, 6.45) is 2.60. The topological polar surface area (TPSA) is 99.0 Å². The Labute approximate surface area is 168 Å². The lowest BCUT2D eigenvalue weighted by molar-refractivity contribution is -0.119. The summed E-state index contributed by atoms with van der Waals surface area (Å²) in [5, 5.41) is 11.5. The van der Waals surface area contributed by atoms with E-state index < -0.39 is 0 Å². The van der Waals surface area contributed by atoms with Crippen LogP contribution in [0, 0.1) is 5.92 Å². The van der Waals surface area contributed by atoms with Crippen LogP contribution in [0.1, 0.15) is 37.9 Å². The second-order valence-electron chi connectivity index (χ2n) is 7.07. The zero-order valence-electron chi connectivity index (χ0n) is 16.3. The first-order chi connectivity index (χ1) is 13.4. The molecule has 1 amide bonds. The fourth-order valence-electron chi connectivity index (χ4n) is 2.86. The number of thioether (sulfide) groups is 1. The minimum Gasteiger partial charge on any atom is -0.461 e. The number of amides is 1. The summed E-state index contributed by atoms with van der Waals surface area (Å²) in [6.45, 7) is 6.38. The van der Waals surface area contributed by atoms with Crippen LogP contribution in [0.3, 0.4) is 0 Å². The van der Waals surface area contributed by atoms with Crippen molar-refractivity contribution in [3.05, 3.63) is 53.8 Å². The average Bonchev–Trinajstić information content (AvgIpc) is 3.29. The molecule has 28 heavy (non-hydrogen) atoms. The van der Waals surface area contributed by atoms with Gasteiger partial charge in [0.15, 0.2) is 5.76 Å². The first kappa shape index (κ1) is 20.0. The van der Waals surface area contributed by atoms with E-state index in [2.05, 4.69) is 53.6 Å². The molecule has 0 spiro atoms. The second-order valence-corrected chi connectivity index (χ2v) is 8.01. The second kappa shape index (κ2) is 8.97. The van der Waals surface area contributed by atoms with Gasteiger partial charge in [0.1, 0.15) is 0 Å². The van der Waals surface area contributed by atoms with Gasteiger partial charge in [0.25, 0.3) is 0 Å². The Morgan fingerprint density at radius 3 is 2.61 bits per heavy atom. The molecule has 3 aromatic rings. The van der Waals surface area contributed by atoms with Gasteiger partial charge in [-0.3, -0.25) is 4.79 Å². The van der Waals surface area contributed by atoms with Crippen molar-refractivity contribution < 1.29 is 9.21 Å². The van der Waals surface area contributed by atoms with Crippen molar-refractivity contribution in [3.8, 4) is 11.6 Å². The molecule has 1 atom stereocenters. The third-order valence-corrected chi connectivity index (χ3v) is 5.18. The molecular weight excluding hydrogens is 374 g/mol. The summed E-state index contributed by atoms with van der Waals surface area (Å²) in [4.78, 5) is 12.3. The highest BCUT2D eigenvalue weighted by molar-refractivity contribution is 7.99. The Morgan fingerprint density at radius 2 is 1.96 bits per heavy atom. The zero-order valence-corrected chi connectivity index (χ0v) is 17.1. The SMILES string of the molecule is CC(C)Cc1ccc(C(C)NC(=O)CSc2nnc(-c3ccco3)n2N)cc1. The summed E-state index contributed by atoms with van der Waals surface area (Å²) >= 11 is 1.23. The molecule has 3 N–H and O–H groups in total. The van der Waals surface area contributed by atoms with Gasteiger partial charge in [-0.05, 0) is 42.5 Å². The number of carbonyl (C=O) groups is 1. The van der Waals surface area contributed by atoms with Crippen molar-refractivity contribution in [3.63, 3.8) is 0 Å². The van der Waals surface area contributed by atoms with E-state index in [0.29, 0.717) is 22.7 Å². The normalized spacial score (nSPS) is 12.3.